The lowest BCUT2D eigenvalue weighted by molar-refractivity contribution is 0.00673. The Hall–Kier alpha value is -1.16. The SMILES string of the molecule is Nc1nccc(C2COC2)n1. The molecule has 0 aliphatic carbocycles. The molecule has 0 spiro atoms. The molecule has 0 saturated carbocycles. The van der Waals surface area contributed by atoms with E-state index in [0.29, 0.717) is 11.9 Å². The molecule has 58 valence electrons. The minimum atomic E-state index is 0.342. The van der Waals surface area contributed by atoms with Crippen LogP contribution in [0, 0.1) is 0 Å². The summed E-state index contributed by atoms with van der Waals surface area (Å²) in [4.78, 5) is 7.89. The topological polar surface area (TPSA) is 61.0 Å². The summed E-state index contributed by atoms with van der Waals surface area (Å²) < 4.78 is 5.03. The van der Waals surface area contributed by atoms with Gasteiger partial charge in [0, 0.05) is 12.1 Å². The lowest BCUT2D eigenvalue weighted by Gasteiger charge is -2.24. The van der Waals surface area contributed by atoms with Gasteiger partial charge in [0.1, 0.15) is 0 Å². The maximum Gasteiger partial charge on any atom is 0.220 e. The molecule has 0 aromatic carbocycles. The van der Waals surface area contributed by atoms with Crippen LogP contribution in [-0.2, 0) is 4.74 Å². The van der Waals surface area contributed by atoms with E-state index < -0.39 is 0 Å². The Morgan fingerprint density at radius 1 is 1.55 bits per heavy atom. The van der Waals surface area contributed by atoms with E-state index in [1.54, 1.807) is 6.20 Å². The van der Waals surface area contributed by atoms with Crippen molar-refractivity contribution in [2.24, 2.45) is 0 Å². The van der Waals surface area contributed by atoms with Gasteiger partial charge in [-0.05, 0) is 6.07 Å². The number of nitrogen functional groups attached to an aromatic ring is 1. The summed E-state index contributed by atoms with van der Waals surface area (Å²) in [6.07, 6.45) is 1.68. The van der Waals surface area contributed by atoms with E-state index in [0.717, 1.165) is 18.9 Å². The molecular weight excluding hydrogens is 142 g/mol. The van der Waals surface area contributed by atoms with Gasteiger partial charge in [-0.3, -0.25) is 0 Å². The minimum Gasteiger partial charge on any atom is -0.380 e. The predicted octanol–water partition coefficient (Wildman–Crippen LogP) is 0.173. The Labute approximate surface area is 64.4 Å². The molecule has 2 N–H and O–H groups in total. The van der Waals surface area contributed by atoms with Gasteiger partial charge in [0.15, 0.2) is 0 Å². The molecule has 0 amide bonds. The summed E-state index contributed by atoms with van der Waals surface area (Å²) in [5.41, 5.74) is 6.40. The molecule has 1 aromatic rings. The van der Waals surface area contributed by atoms with E-state index in [1.165, 1.54) is 0 Å². The van der Waals surface area contributed by atoms with E-state index >= 15 is 0 Å². The molecule has 1 aliphatic heterocycles. The fraction of sp³-hybridized carbons (Fsp3) is 0.429. The minimum absolute atomic E-state index is 0.342. The summed E-state index contributed by atoms with van der Waals surface area (Å²) in [7, 11) is 0. The zero-order valence-electron chi connectivity index (χ0n) is 6.03. The molecule has 0 bridgehead atoms. The summed E-state index contributed by atoms with van der Waals surface area (Å²) >= 11 is 0. The van der Waals surface area contributed by atoms with Gasteiger partial charge < -0.3 is 10.5 Å². The molecule has 0 radical (unpaired) electrons. The van der Waals surface area contributed by atoms with Crippen molar-refractivity contribution in [3.8, 4) is 0 Å². The van der Waals surface area contributed by atoms with Gasteiger partial charge in [0.2, 0.25) is 5.95 Å². The van der Waals surface area contributed by atoms with Crippen molar-refractivity contribution in [2.75, 3.05) is 18.9 Å². The first-order valence-corrected chi connectivity index (χ1v) is 3.52. The summed E-state index contributed by atoms with van der Waals surface area (Å²) in [5, 5.41) is 0. The third-order valence-electron chi connectivity index (χ3n) is 1.75. The van der Waals surface area contributed by atoms with E-state index in [4.69, 9.17) is 10.5 Å². The zero-order valence-corrected chi connectivity index (χ0v) is 6.03. The fourth-order valence-electron chi connectivity index (χ4n) is 1.02. The van der Waals surface area contributed by atoms with Crippen LogP contribution in [0.1, 0.15) is 11.6 Å². The number of nitrogens with two attached hydrogens (primary N) is 1. The second kappa shape index (κ2) is 2.47. The largest absolute Gasteiger partial charge is 0.380 e. The number of rotatable bonds is 1. The van der Waals surface area contributed by atoms with Crippen LogP contribution in [0.4, 0.5) is 5.95 Å². The predicted molar refractivity (Wildman–Crippen MR) is 40.0 cm³/mol. The molecule has 4 nitrogen and oxygen atoms in total. The molecule has 0 atom stereocenters. The quantitative estimate of drug-likeness (QED) is 0.621. The maximum absolute atomic E-state index is 5.41. The standard InChI is InChI=1S/C7H9N3O/c8-7-9-2-1-6(10-7)5-3-11-4-5/h1-2,5H,3-4H2,(H2,8,9,10). The second-order valence-corrected chi connectivity index (χ2v) is 2.57. The molecular formula is C7H9N3O. The molecule has 1 aliphatic rings. The highest BCUT2D eigenvalue weighted by atomic mass is 16.5. The maximum atomic E-state index is 5.41. The molecule has 2 heterocycles. The van der Waals surface area contributed by atoms with Gasteiger partial charge in [-0.2, -0.15) is 0 Å². The molecule has 0 unspecified atom stereocenters. The van der Waals surface area contributed by atoms with Gasteiger partial charge >= 0.3 is 0 Å². The highest BCUT2D eigenvalue weighted by Crippen LogP contribution is 2.21. The Bertz CT molecular complexity index is 260. The smallest absolute Gasteiger partial charge is 0.220 e. The number of anilines is 1. The molecule has 11 heavy (non-hydrogen) atoms. The third-order valence-corrected chi connectivity index (χ3v) is 1.75. The van der Waals surface area contributed by atoms with Crippen LogP contribution in [0.15, 0.2) is 12.3 Å². The van der Waals surface area contributed by atoms with Crippen LogP contribution in [0.2, 0.25) is 0 Å². The van der Waals surface area contributed by atoms with E-state index in [1.807, 2.05) is 6.07 Å². The average molecular weight is 151 g/mol. The average Bonchev–Trinajstić information content (AvgIpc) is 1.83. The second-order valence-electron chi connectivity index (χ2n) is 2.57. The van der Waals surface area contributed by atoms with Gasteiger partial charge in [-0.25, -0.2) is 9.97 Å². The van der Waals surface area contributed by atoms with Crippen molar-refractivity contribution in [2.45, 2.75) is 5.92 Å². The first kappa shape index (κ1) is 6.54. The Morgan fingerprint density at radius 3 is 2.91 bits per heavy atom. The van der Waals surface area contributed by atoms with Gasteiger partial charge in [-0.15, -0.1) is 0 Å². The number of hydrogen-bond acceptors (Lipinski definition) is 4. The van der Waals surface area contributed by atoms with Crippen LogP contribution in [0.25, 0.3) is 0 Å². The van der Waals surface area contributed by atoms with Crippen molar-refractivity contribution >= 4 is 5.95 Å². The van der Waals surface area contributed by atoms with Gasteiger partial charge in [0.05, 0.1) is 18.9 Å². The molecule has 1 fully saturated rings. The van der Waals surface area contributed by atoms with Crippen molar-refractivity contribution in [3.63, 3.8) is 0 Å². The molecule has 2 rings (SSSR count). The molecule has 1 saturated heterocycles. The van der Waals surface area contributed by atoms with Gasteiger partial charge in [-0.1, -0.05) is 0 Å². The Kier molecular flexibility index (Phi) is 1.47. The fourth-order valence-corrected chi connectivity index (χ4v) is 1.02. The van der Waals surface area contributed by atoms with E-state index in [9.17, 15) is 0 Å². The van der Waals surface area contributed by atoms with Gasteiger partial charge in [0.25, 0.3) is 0 Å². The number of ether oxygens (including phenoxy) is 1. The number of nitrogens with zero attached hydrogens (tertiary/aromatic N) is 2. The van der Waals surface area contributed by atoms with Crippen LogP contribution in [0.5, 0.6) is 0 Å². The normalized spacial score (nSPS) is 17.8. The Balaban J connectivity index is 2.23. The van der Waals surface area contributed by atoms with E-state index in [-0.39, 0.29) is 0 Å². The summed E-state index contributed by atoms with van der Waals surface area (Å²) in [5.74, 6) is 0.773. The molecule has 4 heteroatoms. The lowest BCUT2D eigenvalue weighted by atomic mass is 10.0. The Morgan fingerprint density at radius 2 is 2.36 bits per heavy atom. The first-order valence-electron chi connectivity index (χ1n) is 3.52. The first-order chi connectivity index (χ1) is 5.36. The van der Waals surface area contributed by atoms with Crippen LogP contribution < -0.4 is 5.73 Å². The summed E-state index contributed by atoms with van der Waals surface area (Å²) in [6, 6.07) is 1.88. The van der Waals surface area contributed by atoms with Crippen LogP contribution >= 0.6 is 0 Å². The highest BCUT2D eigenvalue weighted by molar-refractivity contribution is 5.20. The van der Waals surface area contributed by atoms with Crippen molar-refractivity contribution < 1.29 is 4.74 Å². The third kappa shape index (κ3) is 1.17. The number of hydrogen-bond donors (Lipinski definition) is 1. The lowest BCUT2D eigenvalue weighted by Crippen LogP contribution is -2.26. The van der Waals surface area contributed by atoms with Crippen molar-refractivity contribution in [1.29, 1.82) is 0 Å². The van der Waals surface area contributed by atoms with Crippen LogP contribution in [-0.4, -0.2) is 23.2 Å². The summed E-state index contributed by atoms with van der Waals surface area (Å²) in [6.45, 7) is 1.52. The monoisotopic (exact) mass is 151 g/mol. The zero-order chi connectivity index (χ0) is 7.68. The van der Waals surface area contributed by atoms with Crippen molar-refractivity contribution in [3.05, 3.63) is 18.0 Å². The van der Waals surface area contributed by atoms with Crippen molar-refractivity contribution in [1.82, 2.24) is 9.97 Å². The van der Waals surface area contributed by atoms with E-state index in [2.05, 4.69) is 9.97 Å². The number of aromatic nitrogens is 2. The highest BCUT2D eigenvalue weighted by Gasteiger charge is 2.21. The van der Waals surface area contributed by atoms with Crippen LogP contribution in [0.3, 0.4) is 0 Å². The molecule has 1 aromatic heterocycles.